The van der Waals surface area contributed by atoms with Gasteiger partial charge in [-0.1, -0.05) is 12.1 Å². The van der Waals surface area contributed by atoms with Crippen molar-refractivity contribution in [3.8, 4) is 10.6 Å². The Kier molecular flexibility index (Phi) is 4.65. The Morgan fingerprint density at radius 1 is 1.19 bits per heavy atom. The average Bonchev–Trinajstić information content (AvgIpc) is 3.28. The molecular formula is C19H20FN5OS. The maximum atomic E-state index is 14.0. The Balaban J connectivity index is 1.44. The van der Waals surface area contributed by atoms with E-state index in [2.05, 4.69) is 15.2 Å². The van der Waals surface area contributed by atoms with E-state index in [-0.39, 0.29) is 11.7 Å². The molecule has 0 aliphatic carbocycles. The van der Waals surface area contributed by atoms with Crippen LogP contribution in [0.15, 0.2) is 30.3 Å². The first kappa shape index (κ1) is 17.7. The van der Waals surface area contributed by atoms with E-state index < -0.39 is 0 Å². The number of thiazole rings is 1. The number of carbonyl (C=O) groups is 1. The standard InChI is InChI=1S/C19H20FN5OS/c1-12-18(27-13(2)21-12)15-11-16(23-22-15)19(26)25-9-7-24(8-10-25)17-6-4-3-5-14(17)20/h3-6,11H,7-10H2,1-2H3,(H,22,23). The summed E-state index contributed by atoms with van der Waals surface area (Å²) in [5.41, 5.74) is 2.72. The number of hydrogen-bond donors (Lipinski definition) is 1. The number of para-hydroxylation sites is 1. The number of piperazine rings is 1. The van der Waals surface area contributed by atoms with E-state index >= 15 is 0 Å². The summed E-state index contributed by atoms with van der Waals surface area (Å²) in [5, 5.41) is 8.13. The number of anilines is 1. The number of carbonyl (C=O) groups excluding carboxylic acids is 1. The summed E-state index contributed by atoms with van der Waals surface area (Å²) in [7, 11) is 0. The van der Waals surface area contributed by atoms with E-state index in [0.29, 0.717) is 37.6 Å². The van der Waals surface area contributed by atoms with Gasteiger partial charge in [0.1, 0.15) is 5.82 Å². The number of aromatic amines is 1. The molecule has 1 amide bonds. The van der Waals surface area contributed by atoms with Crippen LogP contribution in [0.3, 0.4) is 0 Å². The number of aromatic nitrogens is 3. The van der Waals surface area contributed by atoms with Gasteiger partial charge in [0, 0.05) is 26.2 Å². The molecule has 1 N–H and O–H groups in total. The van der Waals surface area contributed by atoms with Crippen molar-refractivity contribution in [2.45, 2.75) is 13.8 Å². The molecule has 0 saturated carbocycles. The number of aryl methyl sites for hydroxylation is 2. The second-order valence-electron chi connectivity index (χ2n) is 6.54. The molecule has 1 aliphatic heterocycles. The minimum Gasteiger partial charge on any atom is -0.366 e. The van der Waals surface area contributed by atoms with E-state index in [9.17, 15) is 9.18 Å². The number of benzene rings is 1. The monoisotopic (exact) mass is 385 g/mol. The summed E-state index contributed by atoms with van der Waals surface area (Å²) in [6, 6.07) is 8.52. The van der Waals surface area contributed by atoms with Crippen molar-refractivity contribution in [2.75, 3.05) is 31.1 Å². The van der Waals surface area contributed by atoms with E-state index in [4.69, 9.17) is 0 Å². The van der Waals surface area contributed by atoms with Gasteiger partial charge in [0.2, 0.25) is 0 Å². The fraction of sp³-hybridized carbons (Fsp3) is 0.316. The average molecular weight is 385 g/mol. The largest absolute Gasteiger partial charge is 0.366 e. The lowest BCUT2D eigenvalue weighted by Crippen LogP contribution is -2.49. The Morgan fingerprint density at radius 2 is 1.93 bits per heavy atom. The molecule has 0 radical (unpaired) electrons. The van der Waals surface area contributed by atoms with E-state index in [0.717, 1.165) is 21.3 Å². The normalized spacial score (nSPS) is 14.6. The van der Waals surface area contributed by atoms with Gasteiger partial charge in [-0.3, -0.25) is 9.89 Å². The summed E-state index contributed by atoms with van der Waals surface area (Å²) in [4.78, 5) is 21.9. The second-order valence-corrected chi connectivity index (χ2v) is 7.75. The summed E-state index contributed by atoms with van der Waals surface area (Å²) < 4.78 is 14.0. The molecule has 1 saturated heterocycles. The number of nitrogens with one attached hydrogen (secondary N) is 1. The van der Waals surface area contributed by atoms with Crippen molar-refractivity contribution < 1.29 is 9.18 Å². The molecule has 8 heteroatoms. The minimum absolute atomic E-state index is 0.107. The molecule has 4 rings (SSSR count). The van der Waals surface area contributed by atoms with E-state index in [1.54, 1.807) is 34.4 Å². The van der Waals surface area contributed by atoms with Crippen molar-refractivity contribution in [1.29, 1.82) is 0 Å². The van der Waals surface area contributed by atoms with Gasteiger partial charge in [0.25, 0.3) is 5.91 Å². The number of hydrogen-bond acceptors (Lipinski definition) is 5. The van der Waals surface area contributed by atoms with Crippen LogP contribution in [0.5, 0.6) is 0 Å². The number of H-pyrrole nitrogens is 1. The van der Waals surface area contributed by atoms with Gasteiger partial charge in [-0.25, -0.2) is 9.37 Å². The van der Waals surface area contributed by atoms with Crippen LogP contribution in [0.1, 0.15) is 21.2 Å². The topological polar surface area (TPSA) is 65.1 Å². The minimum atomic E-state index is -0.232. The van der Waals surface area contributed by atoms with Gasteiger partial charge in [-0.2, -0.15) is 5.10 Å². The number of halogens is 1. The quantitative estimate of drug-likeness (QED) is 0.752. The first-order valence-corrected chi connectivity index (χ1v) is 9.63. The fourth-order valence-electron chi connectivity index (χ4n) is 3.35. The van der Waals surface area contributed by atoms with Gasteiger partial charge in [-0.05, 0) is 32.0 Å². The predicted octanol–water partition coefficient (Wildman–Crippen LogP) is 3.25. The van der Waals surface area contributed by atoms with Crippen LogP contribution in [0, 0.1) is 19.7 Å². The molecule has 1 aliphatic rings. The summed E-state index contributed by atoms with van der Waals surface area (Å²) >= 11 is 1.58. The van der Waals surface area contributed by atoms with Crippen LogP contribution >= 0.6 is 11.3 Å². The van der Waals surface area contributed by atoms with E-state index in [1.165, 1.54) is 6.07 Å². The third-order valence-electron chi connectivity index (χ3n) is 4.71. The summed E-state index contributed by atoms with van der Waals surface area (Å²) in [6.45, 7) is 6.16. The highest BCUT2D eigenvalue weighted by Crippen LogP contribution is 2.29. The molecule has 27 heavy (non-hydrogen) atoms. The Labute approximate surface area is 160 Å². The SMILES string of the molecule is Cc1nc(C)c(-c2cc(C(=O)N3CCN(c4ccccc4F)CC3)n[nH]2)s1. The molecular weight excluding hydrogens is 365 g/mol. The highest BCUT2D eigenvalue weighted by Gasteiger charge is 2.25. The Hall–Kier alpha value is -2.74. The molecule has 0 atom stereocenters. The summed E-state index contributed by atoms with van der Waals surface area (Å²) in [5.74, 6) is -0.339. The van der Waals surface area contributed by atoms with Crippen molar-refractivity contribution >= 4 is 22.9 Å². The van der Waals surface area contributed by atoms with Crippen LogP contribution in [0.2, 0.25) is 0 Å². The maximum Gasteiger partial charge on any atom is 0.274 e. The van der Waals surface area contributed by atoms with Crippen molar-refractivity contribution in [3.63, 3.8) is 0 Å². The van der Waals surface area contributed by atoms with Crippen molar-refractivity contribution in [2.24, 2.45) is 0 Å². The molecule has 0 spiro atoms. The molecule has 0 bridgehead atoms. The van der Waals surface area contributed by atoms with Crippen molar-refractivity contribution in [1.82, 2.24) is 20.1 Å². The summed E-state index contributed by atoms with van der Waals surface area (Å²) in [6.07, 6.45) is 0. The van der Waals surface area contributed by atoms with Crippen LogP contribution < -0.4 is 4.90 Å². The Morgan fingerprint density at radius 3 is 2.59 bits per heavy atom. The number of nitrogens with zero attached hydrogens (tertiary/aromatic N) is 4. The molecule has 1 fully saturated rings. The third kappa shape index (κ3) is 3.44. The van der Waals surface area contributed by atoms with Crippen molar-refractivity contribution in [3.05, 3.63) is 52.5 Å². The molecule has 1 aromatic carbocycles. The van der Waals surface area contributed by atoms with Gasteiger partial charge in [0.05, 0.1) is 27.0 Å². The fourth-order valence-corrected chi connectivity index (χ4v) is 4.24. The molecule has 6 nitrogen and oxygen atoms in total. The van der Waals surface area contributed by atoms with Gasteiger partial charge < -0.3 is 9.80 Å². The zero-order chi connectivity index (χ0) is 19.0. The lowest BCUT2D eigenvalue weighted by atomic mass is 10.2. The van der Waals surface area contributed by atoms with Gasteiger partial charge >= 0.3 is 0 Å². The predicted molar refractivity (Wildman–Crippen MR) is 104 cm³/mol. The van der Waals surface area contributed by atoms with Crippen LogP contribution in [0.4, 0.5) is 10.1 Å². The molecule has 0 unspecified atom stereocenters. The molecule has 140 valence electrons. The smallest absolute Gasteiger partial charge is 0.274 e. The van der Waals surface area contributed by atoms with Gasteiger partial charge in [0.15, 0.2) is 5.69 Å². The first-order chi connectivity index (χ1) is 13.0. The molecule has 2 aromatic heterocycles. The number of rotatable bonds is 3. The zero-order valence-electron chi connectivity index (χ0n) is 15.2. The highest BCUT2D eigenvalue weighted by atomic mass is 32.1. The lowest BCUT2D eigenvalue weighted by molar-refractivity contribution is 0.0740. The number of amides is 1. The van der Waals surface area contributed by atoms with E-state index in [1.807, 2.05) is 24.8 Å². The Bertz CT molecular complexity index is 974. The van der Waals surface area contributed by atoms with Gasteiger partial charge in [-0.15, -0.1) is 11.3 Å². The lowest BCUT2D eigenvalue weighted by Gasteiger charge is -2.35. The molecule has 3 aromatic rings. The maximum absolute atomic E-state index is 14.0. The third-order valence-corrected chi connectivity index (χ3v) is 5.81. The van der Waals surface area contributed by atoms with Crippen LogP contribution in [0.25, 0.3) is 10.6 Å². The molecule has 3 heterocycles. The zero-order valence-corrected chi connectivity index (χ0v) is 16.0. The van der Waals surface area contributed by atoms with Crippen LogP contribution in [-0.4, -0.2) is 52.2 Å². The highest BCUT2D eigenvalue weighted by molar-refractivity contribution is 7.15. The second kappa shape index (κ2) is 7.11. The first-order valence-electron chi connectivity index (χ1n) is 8.81. The van der Waals surface area contributed by atoms with Crippen LogP contribution in [-0.2, 0) is 0 Å².